The van der Waals surface area contributed by atoms with Gasteiger partial charge in [-0.1, -0.05) is 11.6 Å². The number of allylic oxidation sites excluding steroid dienone is 1. The lowest BCUT2D eigenvalue weighted by atomic mass is 10.2. The van der Waals surface area contributed by atoms with Gasteiger partial charge in [0.2, 0.25) is 0 Å². The molecular formula is C8H16ClNO. The lowest BCUT2D eigenvalue weighted by Crippen LogP contribution is -2.48. The first-order valence-electron chi connectivity index (χ1n) is 3.77. The Hall–Kier alpha value is -0.0500. The number of halogens is 1. The van der Waals surface area contributed by atoms with Crippen molar-refractivity contribution >= 4 is 12.4 Å². The fourth-order valence-corrected chi connectivity index (χ4v) is 0.713. The Bertz CT molecular complexity index is 132. The molecule has 1 heterocycles. The maximum absolute atomic E-state index is 5.50. The van der Waals surface area contributed by atoms with Crippen LogP contribution in [0.1, 0.15) is 13.8 Å². The third kappa shape index (κ3) is 3.75. The fraction of sp³-hybridized carbons (Fsp3) is 0.750. The summed E-state index contributed by atoms with van der Waals surface area (Å²) in [7, 11) is 0. The topological polar surface area (TPSA) is 21.3 Å². The highest BCUT2D eigenvalue weighted by Gasteiger charge is 2.16. The highest BCUT2D eigenvalue weighted by atomic mass is 35.5. The molecule has 1 saturated heterocycles. The number of hydrogen-bond donors (Lipinski definition) is 1. The minimum Gasteiger partial charge on any atom is -0.371 e. The van der Waals surface area contributed by atoms with Gasteiger partial charge in [-0.15, -0.1) is 12.4 Å². The summed E-state index contributed by atoms with van der Waals surface area (Å²) in [6.45, 7) is 6.97. The van der Waals surface area contributed by atoms with Crippen LogP contribution < -0.4 is 5.32 Å². The Balaban J connectivity index is 0.000001000. The smallest absolute Gasteiger partial charge is 0.0827 e. The molecule has 0 aromatic carbocycles. The number of ether oxygens (including phenoxy) is 1. The number of hydrogen-bond acceptors (Lipinski definition) is 2. The van der Waals surface area contributed by atoms with E-state index < -0.39 is 0 Å². The van der Waals surface area contributed by atoms with Crippen molar-refractivity contribution in [3.8, 4) is 0 Å². The molecule has 1 N–H and O–H groups in total. The Morgan fingerprint density at radius 2 is 2.27 bits per heavy atom. The molecule has 0 atom stereocenters. The van der Waals surface area contributed by atoms with Crippen LogP contribution >= 0.6 is 12.4 Å². The van der Waals surface area contributed by atoms with Gasteiger partial charge in [0.1, 0.15) is 0 Å². The summed E-state index contributed by atoms with van der Waals surface area (Å²) in [4.78, 5) is 0. The zero-order valence-corrected chi connectivity index (χ0v) is 7.91. The predicted octanol–water partition coefficient (Wildman–Crippen LogP) is 1.36. The third-order valence-corrected chi connectivity index (χ3v) is 1.78. The molecule has 1 aliphatic rings. The molecular weight excluding hydrogens is 162 g/mol. The maximum atomic E-state index is 5.50. The minimum atomic E-state index is 0. The molecule has 0 amide bonds. The molecule has 0 radical (unpaired) electrons. The highest BCUT2D eigenvalue weighted by Crippen LogP contribution is 2.01. The van der Waals surface area contributed by atoms with Crippen molar-refractivity contribution in [2.24, 2.45) is 0 Å². The van der Waals surface area contributed by atoms with E-state index in [1.807, 2.05) is 6.92 Å². The Morgan fingerprint density at radius 3 is 2.64 bits per heavy atom. The van der Waals surface area contributed by atoms with E-state index in [0.717, 1.165) is 19.7 Å². The van der Waals surface area contributed by atoms with E-state index in [4.69, 9.17) is 4.74 Å². The van der Waals surface area contributed by atoms with Crippen LogP contribution in [0.25, 0.3) is 0 Å². The molecule has 11 heavy (non-hydrogen) atoms. The number of nitrogens with one attached hydrogen (secondary N) is 1. The summed E-state index contributed by atoms with van der Waals surface area (Å²) in [5, 5.41) is 3.16. The zero-order chi connectivity index (χ0) is 7.40. The van der Waals surface area contributed by atoms with Crippen LogP contribution in [0, 0.1) is 0 Å². The average Bonchev–Trinajstić information content (AvgIpc) is 1.84. The molecule has 1 rings (SSSR count). The second-order valence-corrected chi connectivity index (χ2v) is 2.73. The molecule has 0 aromatic heterocycles. The van der Waals surface area contributed by atoms with Gasteiger partial charge >= 0.3 is 0 Å². The SMILES string of the molecule is C/C=C(\C)COC1CNC1.Cl. The van der Waals surface area contributed by atoms with Crippen molar-refractivity contribution in [2.75, 3.05) is 19.7 Å². The quantitative estimate of drug-likeness (QED) is 0.658. The van der Waals surface area contributed by atoms with Crippen molar-refractivity contribution in [2.45, 2.75) is 20.0 Å². The predicted molar refractivity (Wildman–Crippen MR) is 49.3 cm³/mol. The van der Waals surface area contributed by atoms with Gasteiger partial charge < -0.3 is 10.1 Å². The molecule has 0 spiro atoms. The molecule has 66 valence electrons. The zero-order valence-electron chi connectivity index (χ0n) is 7.09. The van der Waals surface area contributed by atoms with E-state index in [9.17, 15) is 0 Å². The van der Waals surface area contributed by atoms with Gasteiger partial charge in [-0.05, 0) is 13.8 Å². The van der Waals surface area contributed by atoms with E-state index in [0.29, 0.717) is 6.10 Å². The first kappa shape index (κ1) is 11.0. The van der Waals surface area contributed by atoms with Gasteiger partial charge in [0.05, 0.1) is 12.7 Å². The van der Waals surface area contributed by atoms with Crippen molar-refractivity contribution in [1.29, 1.82) is 0 Å². The lowest BCUT2D eigenvalue weighted by molar-refractivity contribution is 0.0326. The van der Waals surface area contributed by atoms with Crippen molar-refractivity contribution in [3.05, 3.63) is 11.6 Å². The first-order valence-corrected chi connectivity index (χ1v) is 3.77. The van der Waals surface area contributed by atoms with Gasteiger partial charge in [-0.25, -0.2) is 0 Å². The van der Waals surface area contributed by atoms with Crippen molar-refractivity contribution < 1.29 is 4.74 Å². The monoisotopic (exact) mass is 177 g/mol. The Morgan fingerprint density at radius 1 is 1.64 bits per heavy atom. The van der Waals surface area contributed by atoms with Crippen LogP contribution in [0.2, 0.25) is 0 Å². The minimum absolute atomic E-state index is 0. The van der Waals surface area contributed by atoms with E-state index in [1.54, 1.807) is 0 Å². The molecule has 3 heteroatoms. The molecule has 1 aliphatic heterocycles. The second kappa shape index (κ2) is 5.58. The van der Waals surface area contributed by atoms with Crippen LogP contribution in [0.5, 0.6) is 0 Å². The van der Waals surface area contributed by atoms with E-state index >= 15 is 0 Å². The van der Waals surface area contributed by atoms with Gasteiger partial charge in [0.15, 0.2) is 0 Å². The second-order valence-electron chi connectivity index (χ2n) is 2.73. The highest BCUT2D eigenvalue weighted by molar-refractivity contribution is 5.85. The van der Waals surface area contributed by atoms with Crippen LogP contribution in [-0.2, 0) is 4.74 Å². The average molecular weight is 178 g/mol. The van der Waals surface area contributed by atoms with Crippen molar-refractivity contribution in [1.82, 2.24) is 5.32 Å². The molecule has 0 bridgehead atoms. The van der Waals surface area contributed by atoms with E-state index in [1.165, 1.54) is 5.57 Å². The van der Waals surface area contributed by atoms with Gasteiger partial charge in [0, 0.05) is 13.1 Å². The summed E-state index contributed by atoms with van der Waals surface area (Å²) < 4.78 is 5.50. The van der Waals surface area contributed by atoms with Gasteiger partial charge in [0.25, 0.3) is 0 Å². The summed E-state index contributed by atoms with van der Waals surface area (Å²) in [5.41, 5.74) is 1.31. The van der Waals surface area contributed by atoms with Crippen LogP contribution in [-0.4, -0.2) is 25.8 Å². The third-order valence-electron chi connectivity index (χ3n) is 1.78. The standard InChI is InChI=1S/C8H15NO.ClH/c1-3-7(2)6-10-8-4-9-5-8;/h3,8-9H,4-6H2,1-2H3;1H/b7-3+;. The summed E-state index contributed by atoms with van der Waals surface area (Å²) in [6, 6.07) is 0. The largest absolute Gasteiger partial charge is 0.371 e. The van der Waals surface area contributed by atoms with Crippen LogP contribution in [0.15, 0.2) is 11.6 Å². The van der Waals surface area contributed by atoms with Gasteiger partial charge in [-0.2, -0.15) is 0 Å². The molecule has 0 aliphatic carbocycles. The molecule has 0 aromatic rings. The number of rotatable bonds is 3. The van der Waals surface area contributed by atoms with Crippen LogP contribution in [0.3, 0.4) is 0 Å². The lowest BCUT2D eigenvalue weighted by Gasteiger charge is -2.27. The fourth-order valence-electron chi connectivity index (χ4n) is 0.713. The summed E-state index contributed by atoms with van der Waals surface area (Å²) in [6.07, 6.45) is 2.56. The molecule has 0 unspecified atom stereocenters. The van der Waals surface area contributed by atoms with Crippen LogP contribution in [0.4, 0.5) is 0 Å². The molecule has 2 nitrogen and oxygen atoms in total. The van der Waals surface area contributed by atoms with E-state index in [-0.39, 0.29) is 12.4 Å². The molecule has 1 fully saturated rings. The summed E-state index contributed by atoms with van der Waals surface area (Å²) in [5.74, 6) is 0. The Kier molecular flexibility index (Phi) is 5.56. The Labute approximate surface area is 74.4 Å². The normalized spacial score (nSPS) is 18.9. The summed E-state index contributed by atoms with van der Waals surface area (Å²) >= 11 is 0. The molecule has 0 saturated carbocycles. The van der Waals surface area contributed by atoms with Crippen molar-refractivity contribution in [3.63, 3.8) is 0 Å². The first-order chi connectivity index (χ1) is 4.83. The maximum Gasteiger partial charge on any atom is 0.0827 e. The van der Waals surface area contributed by atoms with E-state index in [2.05, 4.69) is 18.3 Å². The van der Waals surface area contributed by atoms with Gasteiger partial charge in [-0.3, -0.25) is 0 Å².